The third kappa shape index (κ3) is 1.96. The minimum Gasteiger partial charge on any atom is -0.389 e. The van der Waals surface area contributed by atoms with Crippen molar-refractivity contribution in [2.45, 2.75) is 25.8 Å². The molecule has 4 heteroatoms. The zero-order valence-corrected chi connectivity index (χ0v) is 7.17. The lowest BCUT2D eigenvalue weighted by Crippen LogP contribution is -2.33. The van der Waals surface area contributed by atoms with Gasteiger partial charge in [0.25, 0.3) is 0 Å². The van der Waals surface area contributed by atoms with Crippen molar-refractivity contribution in [1.29, 1.82) is 0 Å². The lowest BCUT2D eigenvalue weighted by atomic mass is 10.2. The molecule has 1 amide bonds. The molecule has 62 valence electrons. The van der Waals surface area contributed by atoms with E-state index in [2.05, 4.69) is 0 Å². The van der Waals surface area contributed by atoms with Crippen LogP contribution < -0.4 is 0 Å². The lowest BCUT2D eigenvalue weighted by Gasteiger charge is -2.19. The van der Waals surface area contributed by atoms with Crippen LogP contribution in [0.4, 0.5) is 0 Å². The first-order chi connectivity index (χ1) is 5.25. The summed E-state index contributed by atoms with van der Waals surface area (Å²) in [5, 5.41) is 0. The van der Waals surface area contributed by atoms with Gasteiger partial charge in [-0.3, -0.25) is 4.79 Å². The molecule has 3 nitrogen and oxygen atoms in total. The molecule has 0 aromatic heterocycles. The van der Waals surface area contributed by atoms with Crippen LogP contribution in [0.15, 0.2) is 0 Å². The number of amides is 1. The van der Waals surface area contributed by atoms with Crippen molar-refractivity contribution >= 4 is 13.9 Å². The zero-order chi connectivity index (χ0) is 8.27. The average Bonchev–Trinajstić information content (AvgIpc) is 2.31. The average molecular weight is 155 g/mol. The summed E-state index contributed by atoms with van der Waals surface area (Å²) in [6, 6.07) is 0.322. The van der Waals surface area contributed by atoms with E-state index < -0.39 is 0 Å². The van der Waals surface area contributed by atoms with E-state index in [-0.39, 0.29) is 5.91 Å². The first-order valence-electron chi connectivity index (χ1n) is 4.09. The number of rotatable bonds is 3. The molecule has 1 rings (SSSR count). The first-order valence-corrected chi connectivity index (χ1v) is 4.09. The Hall–Kier alpha value is -0.505. The van der Waals surface area contributed by atoms with E-state index in [1.54, 1.807) is 4.81 Å². The van der Waals surface area contributed by atoms with Crippen molar-refractivity contribution in [3.8, 4) is 0 Å². The van der Waals surface area contributed by atoms with Gasteiger partial charge in [-0.1, -0.05) is 0 Å². The third-order valence-corrected chi connectivity index (χ3v) is 2.15. The molecule has 0 spiro atoms. The molecule has 1 fully saturated rings. The van der Waals surface area contributed by atoms with E-state index >= 15 is 0 Å². The van der Waals surface area contributed by atoms with E-state index in [0.717, 1.165) is 13.0 Å². The second kappa shape index (κ2) is 3.76. The predicted octanol–water partition coefficient (Wildman–Crippen LogP) is -0.438. The Morgan fingerprint density at radius 2 is 2.55 bits per heavy atom. The Balaban J connectivity index is 2.30. The molecule has 1 saturated heterocycles. The zero-order valence-electron chi connectivity index (χ0n) is 7.17. The van der Waals surface area contributed by atoms with Crippen molar-refractivity contribution in [1.82, 2.24) is 4.81 Å². The molecule has 1 aliphatic heterocycles. The summed E-state index contributed by atoms with van der Waals surface area (Å²) in [6.45, 7) is 3.40. The summed E-state index contributed by atoms with van der Waals surface area (Å²) in [7, 11) is 1.85. The molecule has 1 aliphatic rings. The van der Waals surface area contributed by atoms with Crippen LogP contribution in [-0.2, 0) is 9.53 Å². The van der Waals surface area contributed by atoms with Gasteiger partial charge in [-0.15, -0.1) is 0 Å². The van der Waals surface area contributed by atoms with Gasteiger partial charge in [0, 0.05) is 19.1 Å². The maximum Gasteiger partial charge on any atom is 0.221 e. The normalized spacial score (nSPS) is 24.6. The van der Waals surface area contributed by atoms with Crippen LogP contribution in [-0.4, -0.2) is 38.0 Å². The fourth-order valence-corrected chi connectivity index (χ4v) is 1.31. The number of ether oxygens (including phenoxy) is 1. The van der Waals surface area contributed by atoms with Crippen LogP contribution >= 0.6 is 0 Å². The van der Waals surface area contributed by atoms with Crippen LogP contribution in [0.5, 0.6) is 0 Å². The number of nitrogens with zero attached hydrogens (tertiary/aromatic N) is 1. The second-order valence-corrected chi connectivity index (χ2v) is 2.86. The number of carbonyl (C=O) groups excluding carboxylic acids is 1. The number of carbonyl (C=O) groups is 1. The highest BCUT2D eigenvalue weighted by molar-refractivity contribution is 6.15. The molecule has 0 radical (unpaired) electrons. The van der Waals surface area contributed by atoms with Crippen molar-refractivity contribution < 1.29 is 9.53 Å². The highest BCUT2D eigenvalue weighted by Crippen LogP contribution is 2.15. The molecule has 1 heterocycles. The van der Waals surface area contributed by atoms with Crippen molar-refractivity contribution in [2.75, 3.05) is 13.2 Å². The van der Waals surface area contributed by atoms with E-state index in [0.29, 0.717) is 19.1 Å². The van der Waals surface area contributed by atoms with Crippen LogP contribution in [0, 0.1) is 0 Å². The van der Waals surface area contributed by atoms with Gasteiger partial charge in [-0.05, 0) is 13.3 Å². The summed E-state index contributed by atoms with van der Waals surface area (Å²) in [5.41, 5.74) is 0. The Morgan fingerprint density at radius 3 is 3.00 bits per heavy atom. The molecule has 1 atom stereocenters. The van der Waals surface area contributed by atoms with Gasteiger partial charge < -0.3 is 9.55 Å². The van der Waals surface area contributed by atoms with Crippen LogP contribution in [0.1, 0.15) is 19.8 Å². The predicted molar refractivity (Wildman–Crippen MR) is 44.9 cm³/mol. The van der Waals surface area contributed by atoms with Crippen molar-refractivity contribution in [3.05, 3.63) is 0 Å². The summed E-state index contributed by atoms with van der Waals surface area (Å²) in [6.07, 6.45) is 1.64. The summed E-state index contributed by atoms with van der Waals surface area (Å²) < 4.78 is 5.24. The molecule has 11 heavy (non-hydrogen) atoms. The van der Waals surface area contributed by atoms with Crippen molar-refractivity contribution in [2.24, 2.45) is 0 Å². The molecule has 0 aromatic rings. The highest BCUT2D eigenvalue weighted by atomic mass is 16.5. The fourth-order valence-electron chi connectivity index (χ4n) is 1.31. The van der Waals surface area contributed by atoms with Gasteiger partial charge in [0.2, 0.25) is 13.9 Å². The highest BCUT2D eigenvalue weighted by Gasteiger charge is 2.26. The van der Waals surface area contributed by atoms with Crippen molar-refractivity contribution in [3.63, 3.8) is 0 Å². The second-order valence-electron chi connectivity index (χ2n) is 2.86. The van der Waals surface area contributed by atoms with E-state index in [9.17, 15) is 4.79 Å². The molecular weight excluding hydrogens is 141 g/mol. The van der Waals surface area contributed by atoms with Crippen LogP contribution in [0.3, 0.4) is 0 Å². The lowest BCUT2D eigenvalue weighted by molar-refractivity contribution is -0.124. The Labute approximate surface area is 68.1 Å². The van der Waals surface area contributed by atoms with Crippen LogP contribution in [0.2, 0.25) is 0 Å². The Morgan fingerprint density at radius 1 is 1.82 bits per heavy atom. The van der Waals surface area contributed by atoms with E-state index in [4.69, 9.17) is 4.74 Å². The molecule has 0 aromatic carbocycles. The summed E-state index contributed by atoms with van der Waals surface area (Å²) >= 11 is 0. The molecular formula is C7H14BNO2. The molecule has 0 bridgehead atoms. The minimum atomic E-state index is 0.245. The van der Waals surface area contributed by atoms with Gasteiger partial charge in [0.15, 0.2) is 0 Å². The largest absolute Gasteiger partial charge is 0.389 e. The van der Waals surface area contributed by atoms with Gasteiger partial charge in [-0.2, -0.15) is 0 Å². The van der Waals surface area contributed by atoms with Crippen LogP contribution in [0.25, 0.3) is 0 Å². The fraction of sp³-hybridized carbons (Fsp3) is 0.857. The maximum absolute atomic E-state index is 11.0. The van der Waals surface area contributed by atoms with Gasteiger partial charge in [-0.25, -0.2) is 0 Å². The maximum atomic E-state index is 11.0. The quantitative estimate of drug-likeness (QED) is 0.517. The SMILES string of the molecule is BN1C(=O)CC[C@H]1COCC. The number of hydrogen-bond acceptors (Lipinski definition) is 2. The first kappa shape index (κ1) is 8.59. The summed E-state index contributed by atoms with van der Waals surface area (Å²) in [4.78, 5) is 12.8. The molecule has 0 N–H and O–H groups in total. The molecule has 0 aliphatic carbocycles. The minimum absolute atomic E-state index is 0.245. The van der Waals surface area contributed by atoms with Gasteiger partial charge in [0.1, 0.15) is 0 Å². The van der Waals surface area contributed by atoms with Gasteiger partial charge >= 0.3 is 0 Å². The topological polar surface area (TPSA) is 29.5 Å². The smallest absolute Gasteiger partial charge is 0.221 e. The van der Waals surface area contributed by atoms with Gasteiger partial charge in [0.05, 0.1) is 6.61 Å². The third-order valence-electron chi connectivity index (χ3n) is 2.15. The summed E-state index contributed by atoms with van der Waals surface area (Å²) in [5.74, 6) is 0.245. The standard InChI is InChI=1S/C7H14BNO2/c1-2-11-5-6-3-4-7(10)9(6)8/h6H,2-5,8H2,1H3/t6-/m0/s1. The number of hydrogen-bond donors (Lipinski definition) is 0. The molecule has 0 saturated carbocycles. The Bertz CT molecular complexity index is 151. The molecule has 0 unspecified atom stereocenters. The van der Waals surface area contributed by atoms with E-state index in [1.165, 1.54) is 0 Å². The monoisotopic (exact) mass is 155 g/mol. The Kier molecular flexibility index (Phi) is 2.94. The van der Waals surface area contributed by atoms with E-state index in [1.807, 2.05) is 14.9 Å².